The summed E-state index contributed by atoms with van der Waals surface area (Å²) in [7, 11) is 2.18. The van der Waals surface area contributed by atoms with Crippen molar-refractivity contribution >= 4 is 65.4 Å². The van der Waals surface area contributed by atoms with E-state index in [0.29, 0.717) is 11.5 Å². The molecule has 0 radical (unpaired) electrons. The van der Waals surface area contributed by atoms with E-state index in [4.69, 9.17) is 9.72 Å². The number of rotatable bonds is 6. The van der Waals surface area contributed by atoms with Crippen molar-refractivity contribution in [3.63, 3.8) is 0 Å². The van der Waals surface area contributed by atoms with Crippen LogP contribution in [0.3, 0.4) is 0 Å². The zero-order valence-electron chi connectivity index (χ0n) is 31.7. The molecule has 8 heteroatoms. The van der Waals surface area contributed by atoms with E-state index in [0.717, 1.165) is 61.2 Å². The predicted molar refractivity (Wildman–Crippen MR) is 231 cm³/mol. The molecular weight excluding hydrogens is 908 g/mol. The molecule has 0 saturated heterocycles. The third-order valence-corrected chi connectivity index (χ3v) is 11.3. The maximum Gasteiger partial charge on any atom is 0.267 e. The van der Waals surface area contributed by atoms with Crippen molar-refractivity contribution in [2.75, 3.05) is 0 Å². The summed E-state index contributed by atoms with van der Waals surface area (Å²) < 4.78 is 17.5. The van der Waals surface area contributed by atoms with E-state index in [9.17, 15) is 0 Å². The van der Waals surface area contributed by atoms with Gasteiger partial charge in [0, 0.05) is 91.0 Å². The number of hydrogen-bond donors (Lipinski definition) is 0. The van der Waals surface area contributed by atoms with Crippen molar-refractivity contribution in [2.45, 2.75) is 0 Å². The molecule has 0 atom stereocenters. The Balaban J connectivity index is 0.00000397. The summed E-state index contributed by atoms with van der Waals surface area (Å²) in [5.41, 5.74) is 9.46. The van der Waals surface area contributed by atoms with Crippen LogP contribution in [-0.2, 0) is 28.1 Å². The van der Waals surface area contributed by atoms with Crippen LogP contribution in [0.2, 0.25) is 0 Å². The number of aromatic nitrogens is 6. The summed E-state index contributed by atoms with van der Waals surface area (Å²) in [5.74, 6) is 1.95. The minimum Gasteiger partial charge on any atom is -0.510 e. The Labute approximate surface area is 353 Å². The number of hydrogen-bond acceptors (Lipinski definition) is 2. The normalized spacial score (nSPS) is 11.7. The smallest absolute Gasteiger partial charge is 0.267 e. The number of fused-ring (bicyclic) bond motifs is 12. The number of pyridine rings is 1. The van der Waals surface area contributed by atoms with Gasteiger partial charge in [-0.2, -0.15) is 18.2 Å². The van der Waals surface area contributed by atoms with E-state index in [1.807, 2.05) is 82.3 Å². The third-order valence-electron chi connectivity index (χ3n) is 11.3. The molecule has 0 fully saturated rings. The molecule has 0 aliphatic heterocycles. The van der Waals surface area contributed by atoms with Gasteiger partial charge in [0.05, 0.1) is 27.8 Å². The van der Waals surface area contributed by atoms with Crippen LogP contribution >= 0.6 is 0 Å². The molecule has 5 aromatic heterocycles. The molecule has 12 rings (SSSR count). The van der Waals surface area contributed by atoms with Crippen LogP contribution in [0.15, 0.2) is 176 Å². The maximum atomic E-state index is 6.63. The number of imidazole rings is 1. The quantitative estimate of drug-likeness (QED) is 0.123. The second-order valence-electron chi connectivity index (χ2n) is 14.5. The number of aryl methyl sites for hydroxylation is 1. The van der Waals surface area contributed by atoms with Gasteiger partial charge < -0.3 is 23.0 Å². The molecule has 0 bridgehead atoms. The van der Waals surface area contributed by atoms with Crippen LogP contribution in [-0.4, -0.2) is 23.3 Å². The number of benzene rings is 7. The number of para-hydroxylation sites is 4. The minimum atomic E-state index is 0. The van der Waals surface area contributed by atoms with Gasteiger partial charge in [-0.3, -0.25) is 4.57 Å². The van der Waals surface area contributed by atoms with Gasteiger partial charge in [0.15, 0.2) is 0 Å². The van der Waals surface area contributed by atoms with Gasteiger partial charge in [0.1, 0.15) is 5.82 Å². The summed E-state index contributed by atoms with van der Waals surface area (Å²) in [6.45, 7) is 0. The van der Waals surface area contributed by atoms with Crippen molar-refractivity contribution in [3.05, 3.63) is 195 Å². The first-order valence-electron chi connectivity index (χ1n) is 19.3. The standard InChI is InChI=1S/C51H32N6O.Pt/c1-53-42-23-10-8-21-39(42)47-46-40-22-9-11-24-43(40)56(35-17-6-3-7-18-35)49(46)48-41-27-26-38(32-44(41)57(51(48)50(47)53)45-25-12-13-28-52-45)58-37-20-14-19-36(31-37)55-30-29-54(33-55)34-15-4-2-5-16-34;/h2-30H,1H3;/q-2;. The van der Waals surface area contributed by atoms with Gasteiger partial charge in [-0.05, 0) is 59.6 Å². The van der Waals surface area contributed by atoms with Crippen LogP contribution in [0, 0.1) is 18.5 Å². The molecule has 59 heavy (non-hydrogen) atoms. The molecular formula is C51H32N6OPt-2. The molecule has 0 saturated carbocycles. The van der Waals surface area contributed by atoms with Gasteiger partial charge in [0.2, 0.25) is 0 Å². The van der Waals surface area contributed by atoms with Gasteiger partial charge in [-0.1, -0.05) is 89.8 Å². The number of nitrogens with zero attached hydrogens (tertiary/aromatic N) is 6. The van der Waals surface area contributed by atoms with Gasteiger partial charge in [0.25, 0.3) is 6.33 Å². The molecule has 284 valence electrons. The summed E-state index contributed by atoms with van der Waals surface area (Å²) in [5, 5.41) is 7.02. The largest absolute Gasteiger partial charge is 0.510 e. The molecule has 0 N–H and O–H groups in total. The maximum absolute atomic E-state index is 6.63. The average molecular weight is 940 g/mol. The van der Waals surface area contributed by atoms with Gasteiger partial charge in [-0.25, -0.2) is 4.98 Å². The fraction of sp³-hybridized carbons (Fsp3) is 0.0196. The van der Waals surface area contributed by atoms with Crippen LogP contribution in [0.4, 0.5) is 0 Å². The Kier molecular flexibility index (Phi) is 8.14. The summed E-state index contributed by atoms with van der Waals surface area (Å²) in [4.78, 5) is 4.97. The average Bonchev–Trinajstić information content (AvgIpc) is 4.05. The molecule has 5 heterocycles. The van der Waals surface area contributed by atoms with E-state index < -0.39 is 0 Å². The summed E-state index contributed by atoms with van der Waals surface area (Å²) in [6.07, 6.45) is 9.20. The molecule has 12 aromatic rings. The summed E-state index contributed by atoms with van der Waals surface area (Å²) >= 11 is 0. The second-order valence-corrected chi connectivity index (χ2v) is 14.5. The van der Waals surface area contributed by atoms with Crippen LogP contribution in [0.1, 0.15) is 0 Å². The van der Waals surface area contributed by atoms with Crippen LogP contribution in [0.25, 0.3) is 88.3 Å². The van der Waals surface area contributed by atoms with Crippen molar-refractivity contribution in [2.24, 2.45) is 7.05 Å². The second kappa shape index (κ2) is 13.7. The first kappa shape index (κ1) is 35.0. The molecule has 7 aromatic carbocycles. The Morgan fingerprint density at radius 3 is 2.00 bits per heavy atom. The van der Waals surface area contributed by atoms with Gasteiger partial charge in [-0.15, -0.1) is 24.3 Å². The Bertz CT molecular complexity index is 3550. The fourth-order valence-electron chi connectivity index (χ4n) is 8.87. The monoisotopic (exact) mass is 939 g/mol. The molecule has 0 aliphatic carbocycles. The van der Waals surface area contributed by atoms with E-state index in [-0.39, 0.29) is 21.1 Å². The zero-order chi connectivity index (χ0) is 38.3. The molecule has 7 nitrogen and oxygen atoms in total. The summed E-state index contributed by atoms with van der Waals surface area (Å²) in [6, 6.07) is 61.7. The predicted octanol–water partition coefficient (Wildman–Crippen LogP) is 11.2. The van der Waals surface area contributed by atoms with E-state index in [1.54, 1.807) is 0 Å². The first-order chi connectivity index (χ1) is 28.7. The SMILES string of the molecule is Cn1c2ccccc2c2c3c4ccccc4n(-c4ccccc4)c3c3c4ccc(Oc5[c-]c(-[n+]6[c-]n(-c7ccccc7)cc6)ccc5)[c-]c4n(-c4ccccn4)c3c21.[Pt]. The number of ether oxygens (including phenoxy) is 1. The Morgan fingerprint density at radius 2 is 1.22 bits per heavy atom. The first-order valence-corrected chi connectivity index (χ1v) is 19.3. The van der Waals surface area contributed by atoms with E-state index in [1.165, 1.54) is 27.1 Å². The topological polar surface area (TPSA) is 45.7 Å². The van der Waals surface area contributed by atoms with Crippen molar-refractivity contribution < 1.29 is 30.4 Å². The molecule has 0 spiro atoms. The van der Waals surface area contributed by atoms with E-state index in [2.05, 4.69) is 142 Å². The van der Waals surface area contributed by atoms with E-state index >= 15 is 0 Å². The Hall–Kier alpha value is -7.21. The Morgan fingerprint density at radius 1 is 0.542 bits per heavy atom. The van der Waals surface area contributed by atoms with Crippen molar-refractivity contribution in [1.29, 1.82) is 0 Å². The zero-order valence-corrected chi connectivity index (χ0v) is 33.9. The van der Waals surface area contributed by atoms with Gasteiger partial charge >= 0.3 is 0 Å². The molecule has 0 unspecified atom stereocenters. The third kappa shape index (κ3) is 5.32. The van der Waals surface area contributed by atoms with Crippen LogP contribution in [0.5, 0.6) is 11.5 Å². The molecule has 0 amide bonds. The van der Waals surface area contributed by atoms with Crippen molar-refractivity contribution in [1.82, 2.24) is 23.3 Å². The minimum absolute atomic E-state index is 0. The molecule has 0 aliphatic rings. The van der Waals surface area contributed by atoms with Crippen molar-refractivity contribution in [3.8, 4) is 34.4 Å². The van der Waals surface area contributed by atoms with Crippen LogP contribution < -0.4 is 9.30 Å². The fourth-order valence-corrected chi connectivity index (χ4v) is 8.87.